The van der Waals surface area contributed by atoms with Crippen molar-refractivity contribution in [1.82, 2.24) is 0 Å². The minimum absolute atomic E-state index is 0.171. The van der Waals surface area contributed by atoms with E-state index in [0.717, 1.165) is 44.6 Å². The molecule has 11 aromatic rings. The SMILES string of the molecule is CC1(C)c2ccccc2-c2ccc(N(c3cccc(C4(c5cccc(-c6ccccc6)c5)c5ccccc5-c5ccccc54)c3)c3ccc4oc5cccc(-c6ccccc6)c5c4c3)cc21. The number of furan rings is 1. The fourth-order valence-electron chi connectivity index (χ4n) is 11.6. The maximum atomic E-state index is 6.62. The quantitative estimate of drug-likeness (QED) is 0.159. The van der Waals surface area contributed by atoms with E-state index in [0.29, 0.717) is 0 Å². The number of anilines is 3. The van der Waals surface area contributed by atoms with Gasteiger partial charge in [0, 0.05) is 33.2 Å². The molecular formula is C64H45NO. The van der Waals surface area contributed by atoms with Gasteiger partial charge in [0.15, 0.2) is 0 Å². The van der Waals surface area contributed by atoms with Gasteiger partial charge in [-0.05, 0) is 132 Å². The lowest BCUT2D eigenvalue weighted by Crippen LogP contribution is -2.29. The minimum atomic E-state index is -0.601. The van der Waals surface area contributed by atoms with Crippen LogP contribution in [0.15, 0.2) is 241 Å². The summed E-state index contributed by atoms with van der Waals surface area (Å²) in [5.74, 6) is 0. The normalized spacial score (nSPS) is 13.8. The number of hydrogen-bond acceptors (Lipinski definition) is 2. The van der Waals surface area contributed by atoms with Crippen LogP contribution in [0.1, 0.15) is 47.2 Å². The predicted octanol–water partition coefficient (Wildman–Crippen LogP) is 17.1. The molecule has 0 unspecified atom stereocenters. The van der Waals surface area contributed by atoms with Crippen molar-refractivity contribution in [2.75, 3.05) is 4.90 Å². The van der Waals surface area contributed by atoms with Crippen LogP contribution in [-0.2, 0) is 10.8 Å². The Morgan fingerprint density at radius 1 is 0.333 bits per heavy atom. The van der Waals surface area contributed by atoms with E-state index in [4.69, 9.17) is 4.42 Å². The fourth-order valence-corrected chi connectivity index (χ4v) is 11.6. The molecule has 1 aromatic heterocycles. The van der Waals surface area contributed by atoms with Crippen molar-refractivity contribution < 1.29 is 4.42 Å². The Bertz CT molecular complexity index is 3640. The second-order valence-electron chi connectivity index (χ2n) is 18.4. The summed E-state index contributed by atoms with van der Waals surface area (Å²) in [5.41, 5.74) is 21.8. The van der Waals surface area contributed by atoms with Crippen molar-refractivity contribution >= 4 is 39.0 Å². The molecule has 0 amide bonds. The van der Waals surface area contributed by atoms with Crippen LogP contribution >= 0.6 is 0 Å². The maximum Gasteiger partial charge on any atom is 0.136 e. The van der Waals surface area contributed by atoms with Gasteiger partial charge < -0.3 is 9.32 Å². The summed E-state index contributed by atoms with van der Waals surface area (Å²) in [6, 6.07) is 87.1. The smallest absolute Gasteiger partial charge is 0.136 e. The molecule has 0 radical (unpaired) electrons. The van der Waals surface area contributed by atoms with E-state index in [1.54, 1.807) is 0 Å². The lowest BCUT2D eigenvalue weighted by atomic mass is 9.67. The van der Waals surface area contributed by atoms with Crippen LogP contribution in [-0.4, -0.2) is 0 Å². The van der Waals surface area contributed by atoms with Crippen molar-refractivity contribution in [1.29, 1.82) is 0 Å². The van der Waals surface area contributed by atoms with Crippen molar-refractivity contribution in [2.45, 2.75) is 24.7 Å². The van der Waals surface area contributed by atoms with Gasteiger partial charge in [0.05, 0.1) is 5.41 Å². The Labute approximate surface area is 385 Å². The monoisotopic (exact) mass is 843 g/mol. The summed E-state index contributed by atoms with van der Waals surface area (Å²) >= 11 is 0. The van der Waals surface area contributed by atoms with Crippen molar-refractivity contribution in [3.63, 3.8) is 0 Å². The fraction of sp³-hybridized carbons (Fsp3) is 0.0625. The Morgan fingerprint density at radius 3 is 1.58 bits per heavy atom. The first-order valence-corrected chi connectivity index (χ1v) is 23.0. The second-order valence-corrected chi connectivity index (χ2v) is 18.4. The molecule has 2 aliphatic carbocycles. The zero-order chi connectivity index (χ0) is 44.0. The Balaban J connectivity index is 1.07. The molecule has 0 fully saturated rings. The lowest BCUT2D eigenvalue weighted by Gasteiger charge is -2.35. The molecule has 312 valence electrons. The summed E-state index contributed by atoms with van der Waals surface area (Å²) in [4.78, 5) is 2.47. The van der Waals surface area contributed by atoms with E-state index in [1.165, 1.54) is 72.3 Å². The maximum absolute atomic E-state index is 6.62. The highest BCUT2D eigenvalue weighted by molar-refractivity contribution is 6.13. The third kappa shape index (κ3) is 5.61. The highest BCUT2D eigenvalue weighted by Crippen LogP contribution is 2.57. The van der Waals surface area contributed by atoms with E-state index >= 15 is 0 Å². The molecule has 0 saturated heterocycles. The van der Waals surface area contributed by atoms with Gasteiger partial charge >= 0.3 is 0 Å². The molecule has 2 nitrogen and oxygen atoms in total. The number of rotatable bonds is 7. The van der Waals surface area contributed by atoms with Gasteiger partial charge in [0.25, 0.3) is 0 Å². The standard InChI is InChI=1S/C64H45NO/c1-63(2)56-30-12-9-26-51(56)54-36-34-49(41-59(54)63)65(48-35-37-60-55(40-48)62-50(29-17-33-61(62)66-60)43-20-7-4-8-21-43)47-25-16-24-46(39-47)64(45-23-15-22-44(38-45)42-18-5-3-6-19-42)57-31-13-10-27-52(57)53-28-11-14-32-58(53)64/h3-41H,1-2H3. The molecule has 0 spiro atoms. The zero-order valence-corrected chi connectivity index (χ0v) is 36.9. The van der Waals surface area contributed by atoms with Gasteiger partial charge in [0.1, 0.15) is 11.2 Å². The van der Waals surface area contributed by atoms with Crippen molar-refractivity contribution in [3.8, 4) is 44.5 Å². The van der Waals surface area contributed by atoms with E-state index in [9.17, 15) is 0 Å². The van der Waals surface area contributed by atoms with Gasteiger partial charge in [0.2, 0.25) is 0 Å². The van der Waals surface area contributed by atoms with Gasteiger partial charge in [-0.25, -0.2) is 0 Å². The molecule has 2 heteroatoms. The molecule has 0 atom stereocenters. The topological polar surface area (TPSA) is 16.4 Å². The van der Waals surface area contributed by atoms with Crippen LogP contribution in [0, 0.1) is 0 Å². The molecule has 0 bridgehead atoms. The average Bonchev–Trinajstić information content (AvgIpc) is 3.98. The molecule has 2 aliphatic rings. The number of benzene rings is 10. The van der Waals surface area contributed by atoms with E-state index in [2.05, 4.69) is 255 Å². The first-order chi connectivity index (χ1) is 32.5. The molecule has 0 saturated carbocycles. The molecule has 13 rings (SSSR count). The summed E-state index contributed by atoms with van der Waals surface area (Å²) in [6.07, 6.45) is 0. The van der Waals surface area contributed by atoms with Crippen LogP contribution < -0.4 is 4.90 Å². The Morgan fingerprint density at radius 2 is 0.848 bits per heavy atom. The van der Waals surface area contributed by atoms with Crippen LogP contribution in [0.3, 0.4) is 0 Å². The summed E-state index contributed by atoms with van der Waals surface area (Å²) in [6.45, 7) is 4.73. The Hall–Kier alpha value is -8.20. The number of hydrogen-bond donors (Lipinski definition) is 0. The average molecular weight is 844 g/mol. The summed E-state index contributed by atoms with van der Waals surface area (Å²) in [5, 5.41) is 2.21. The molecule has 10 aromatic carbocycles. The van der Waals surface area contributed by atoms with Crippen LogP contribution in [0.4, 0.5) is 17.1 Å². The summed E-state index contributed by atoms with van der Waals surface area (Å²) < 4.78 is 6.62. The first kappa shape index (κ1) is 38.3. The minimum Gasteiger partial charge on any atom is -0.456 e. The van der Waals surface area contributed by atoms with Gasteiger partial charge in [-0.2, -0.15) is 0 Å². The molecule has 66 heavy (non-hydrogen) atoms. The predicted molar refractivity (Wildman–Crippen MR) is 274 cm³/mol. The summed E-state index contributed by atoms with van der Waals surface area (Å²) in [7, 11) is 0. The lowest BCUT2D eigenvalue weighted by molar-refractivity contribution is 0.660. The number of nitrogens with zero attached hydrogens (tertiary/aromatic N) is 1. The molecule has 0 aliphatic heterocycles. The second kappa shape index (κ2) is 14.7. The van der Waals surface area contributed by atoms with E-state index in [1.807, 2.05) is 0 Å². The van der Waals surface area contributed by atoms with Crippen LogP contribution in [0.5, 0.6) is 0 Å². The van der Waals surface area contributed by atoms with E-state index < -0.39 is 5.41 Å². The third-order valence-electron chi connectivity index (χ3n) is 14.5. The first-order valence-electron chi connectivity index (χ1n) is 23.0. The molecular weight excluding hydrogens is 799 g/mol. The highest BCUT2D eigenvalue weighted by Gasteiger charge is 2.46. The van der Waals surface area contributed by atoms with Crippen LogP contribution in [0.2, 0.25) is 0 Å². The largest absolute Gasteiger partial charge is 0.456 e. The highest BCUT2D eigenvalue weighted by atomic mass is 16.3. The molecule has 0 N–H and O–H groups in total. The number of fused-ring (bicyclic) bond motifs is 9. The Kier molecular flexibility index (Phi) is 8.51. The zero-order valence-electron chi connectivity index (χ0n) is 36.9. The van der Waals surface area contributed by atoms with Crippen molar-refractivity contribution in [3.05, 3.63) is 270 Å². The van der Waals surface area contributed by atoms with Crippen molar-refractivity contribution in [2.24, 2.45) is 0 Å². The molecule has 1 heterocycles. The van der Waals surface area contributed by atoms with E-state index in [-0.39, 0.29) is 5.41 Å². The van der Waals surface area contributed by atoms with Crippen LogP contribution in [0.25, 0.3) is 66.4 Å². The van der Waals surface area contributed by atoms with Gasteiger partial charge in [-0.3, -0.25) is 0 Å². The van der Waals surface area contributed by atoms with Gasteiger partial charge in [-0.1, -0.05) is 196 Å². The van der Waals surface area contributed by atoms with Gasteiger partial charge in [-0.15, -0.1) is 0 Å². The third-order valence-corrected chi connectivity index (χ3v) is 14.5.